The largest absolute Gasteiger partial charge is 0.319 e. The molecule has 1 N–H and O–H groups in total. The Morgan fingerprint density at radius 2 is 2.15 bits per heavy atom. The van der Waals surface area contributed by atoms with Crippen LogP contribution in [0.2, 0.25) is 0 Å². The van der Waals surface area contributed by atoms with Gasteiger partial charge in [0.15, 0.2) is 0 Å². The Morgan fingerprint density at radius 1 is 1.25 bits per heavy atom. The molecular weight excluding hydrogens is 242 g/mol. The van der Waals surface area contributed by atoms with E-state index in [1.807, 2.05) is 7.05 Å². The number of benzene rings is 1. The van der Waals surface area contributed by atoms with E-state index >= 15 is 0 Å². The van der Waals surface area contributed by atoms with Crippen LogP contribution in [0.5, 0.6) is 0 Å². The normalized spacial score (nSPS) is 22.9. The first-order valence-corrected chi connectivity index (χ1v) is 7.68. The van der Waals surface area contributed by atoms with Gasteiger partial charge in [-0.3, -0.25) is 0 Å². The van der Waals surface area contributed by atoms with E-state index in [9.17, 15) is 0 Å². The minimum absolute atomic E-state index is 0.598. The van der Waals surface area contributed by atoms with Crippen LogP contribution in [-0.2, 0) is 6.42 Å². The quantitative estimate of drug-likeness (QED) is 0.810. The summed E-state index contributed by atoms with van der Waals surface area (Å²) in [5, 5.41) is 3.25. The van der Waals surface area contributed by atoms with Crippen molar-refractivity contribution < 1.29 is 0 Å². The summed E-state index contributed by atoms with van der Waals surface area (Å²) in [6.45, 7) is 1.05. The van der Waals surface area contributed by atoms with E-state index in [2.05, 4.69) is 53.9 Å². The maximum atomic E-state index is 3.25. The molecule has 0 saturated carbocycles. The molecule has 0 fully saturated rings. The topological polar surface area (TPSA) is 12.0 Å². The van der Waals surface area contributed by atoms with Crippen LogP contribution >= 0.6 is 0 Å². The molecule has 2 aliphatic carbocycles. The maximum absolute atomic E-state index is 3.25. The summed E-state index contributed by atoms with van der Waals surface area (Å²) in [4.78, 5) is 0. The Morgan fingerprint density at radius 3 is 3.05 bits per heavy atom. The van der Waals surface area contributed by atoms with Gasteiger partial charge in [-0.15, -0.1) is 0 Å². The van der Waals surface area contributed by atoms with Gasteiger partial charge in [-0.1, -0.05) is 54.1 Å². The molecule has 0 aromatic heterocycles. The zero-order valence-corrected chi connectivity index (χ0v) is 12.2. The molecule has 2 aliphatic rings. The van der Waals surface area contributed by atoms with E-state index in [0.717, 1.165) is 19.4 Å². The van der Waals surface area contributed by atoms with Crippen molar-refractivity contribution in [1.29, 1.82) is 0 Å². The van der Waals surface area contributed by atoms with Crippen LogP contribution < -0.4 is 5.32 Å². The second kappa shape index (κ2) is 6.23. The van der Waals surface area contributed by atoms with Gasteiger partial charge in [0, 0.05) is 5.92 Å². The zero-order chi connectivity index (χ0) is 13.8. The average molecular weight is 265 g/mol. The number of nitrogens with one attached hydrogen (secondary N) is 1. The number of rotatable bonds is 3. The van der Waals surface area contributed by atoms with Crippen molar-refractivity contribution in [1.82, 2.24) is 5.32 Å². The van der Waals surface area contributed by atoms with Crippen LogP contribution in [0.25, 0.3) is 5.57 Å². The summed E-state index contributed by atoms with van der Waals surface area (Å²) in [7, 11) is 2.02. The Hall–Kier alpha value is -1.60. The second-order valence-corrected chi connectivity index (χ2v) is 5.67. The Labute approximate surface area is 122 Å². The van der Waals surface area contributed by atoms with Crippen LogP contribution in [-0.4, -0.2) is 13.6 Å². The SMILES string of the molecule is CNCC/C=C1\c2ccccc2CCC2=CC=CCC21. The lowest BCUT2D eigenvalue weighted by molar-refractivity contribution is 0.734. The fourth-order valence-corrected chi connectivity index (χ4v) is 3.37. The number of fused-ring (bicyclic) bond motifs is 2. The van der Waals surface area contributed by atoms with E-state index < -0.39 is 0 Å². The lowest BCUT2D eigenvalue weighted by atomic mass is 9.82. The van der Waals surface area contributed by atoms with Crippen LogP contribution in [0.3, 0.4) is 0 Å². The Balaban J connectivity index is 2.01. The van der Waals surface area contributed by atoms with Gasteiger partial charge in [-0.05, 0) is 56.0 Å². The third-order valence-electron chi connectivity index (χ3n) is 4.41. The molecule has 0 bridgehead atoms. The Bertz CT molecular complexity index is 563. The molecule has 0 heterocycles. The summed E-state index contributed by atoms with van der Waals surface area (Å²) in [6, 6.07) is 8.96. The minimum Gasteiger partial charge on any atom is -0.319 e. The van der Waals surface area contributed by atoms with Crippen molar-refractivity contribution in [2.45, 2.75) is 25.7 Å². The third kappa shape index (κ3) is 2.64. The molecule has 1 heteroatoms. The predicted octanol–water partition coefficient (Wildman–Crippen LogP) is 4.13. The number of hydrogen-bond acceptors (Lipinski definition) is 1. The highest BCUT2D eigenvalue weighted by Gasteiger charge is 2.25. The summed E-state index contributed by atoms with van der Waals surface area (Å²) < 4.78 is 0. The fourth-order valence-electron chi connectivity index (χ4n) is 3.37. The maximum Gasteiger partial charge on any atom is 0.00888 e. The zero-order valence-electron chi connectivity index (χ0n) is 12.2. The third-order valence-corrected chi connectivity index (χ3v) is 4.41. The summed E-state index contributed by atoms with van der Waals surface area (Å²) >= 11 is 0. The van der Waals surface area contributed by atoms with E-state index in [0.29, 0.717) is 5.92 Å². The number of aryl methyl sites for hydroxylation is 1. The highest BCUT2D eigenvalue weighted by Crippen LogP contribution is 2.41. The molecular formula is C19H23N. The van der Waals surface area contributed by atoms with Crippen molar-refractivity contribution >= 4 is 5.57 Å². The standard InChI is InChI=1S/C19H23N/c1-20-14-6-11-19-17-9-4-2-7-15(17)12-13-16-8-3-5-10-18(16)19/h2-5,7-9,11,18,20H,6,10,12-14H2,1H3/b19-11+. The molecule has 0 saturated heterocycles. The van der Waals surface area contributed by atoms with Crippen LogP contribution in [0, 0.1) is 5.92 Å². The lowest BCUT2D eigenvalue weighted by Gasteiger charge is -2.23. The molecule has 0 amide bonds. The van der Waals surface area contributed by atoms with Crippen molar-refractivity contribution in [3.05, 3.63) is 65.3 Å². The molecule has 1 unspecified atom stereocenters. The average Bonchev–Trinajstić information content (AvgIpc) is 2.66. The first kappa shape index (κ1) is 13.4. The highest BCUT2D eigenvalue weighted by atomic mass is 14.8. The van der Waals surface area contributed by atoms with Gasteiger partial charge in [0.05, 0.1) is 0 Å². The second-order valence-electron chi connectivity index (χ2n) is 5.67. The number of hydrogen-bond donors (Lipinski definition) is 1. The molecule has 104 valence electrons. The molecule has 0 radical (unpaired) electrons. The molecule has 1 aromatic rings. The summed E-state index contributed by atoms with van der Waals surface area (Å²) in [6.07, 6.45) is 14.0. The van der Waals surface area contributed by atoms with E-state index in [4.69, 9.17) is 0 Å². The molecule has 1 atom stereocenters. The molecule has 0 spiro atoms. The highest BCUT2D eigenvalue weighted by molar-refractivity contribution is 5.74. The Kier molecular flexibility index (Phi) is 4.17. The van der Waals surface area contributed by atoms with E-state index in [1.54, 1.807) is 11.1 Å². The van der Waals surface area contributed by atoms with Crippen molar-refractivity contribution in [3.63, 3.8) is 0 Å². The summed E-state index contributed by atoms with van der Waals surface area (Å²) in [5.74, 6) is 0.598. The van der Waals surface area contributed by atoms with Gasteiger partial charge in [0.1, 0.15) is 0 Å². The van der Waals surface area contributed by atoms with Crippen LogP contribution in [0.4, 0.5) is 0 Å². The molecule has 0 aliphatic heterocycles. The van der Waals surface area contributed by atoms with Gasteiger partial charge in [-0.25, -0.2) is 0 Å². The molecule has 1 nitrogen and oxygen atoms in total. The van der Waals surface area contributed by atoms with Gasteiger partial charge in [0.25, 0.3) is 0 Å². The van der Waals surface area contributed by atoms with Crippen molar-refractivity contribution in [2.75, 3.05) is 13.6 Å². The van der Waals surface area contributed by atoms with Crippen molar-refractivity contribution in [3.8, 4) is 0 Å². The fraction of sp³-hybridized carbons (Fsp3) is 0.368. The molecule has 1 aromatic carbocycles. The van der Waals surface area contributed by atoms with E-state index in [-0.39, 0.29) is 0 Å². The van der Waals surface area contributed by atoms with Crippen LogP contribution in [0.15, 0.2) is 54.1 Å². The summed E-state index contributed by atoms with van der Waals surface area (Å²) in [5.41, 5.74) is 6.15. The van der Waals surface area contributed by atoms with Crippen molar-refractivity contribution in [2.24, 2.45) is 5.92 Å². The van der Waals surface area contributed by atoms with E-state index in [1.165, 1.54) is 24.0 Å². The first-order chi connectivity index (χ1) is 9.90. The van der Waals surface area contributed by atoms with Crippen LogP contribution in [0.1, 0.15) is 30.4 Å². The predicted molar refractivity (Wildman–Crippen MR) is 86.6 cm³/mol. The number of allylic oxidation sites excluding steroid dienone is 5. The minimum atomic E-state index is 0.598. The van der Waals surface area contributed by atoms with Gasteiger partial charge in [0.2, 0.25) is 0 Å². The van der Waals surface area contributed by atoms with Gasteiger partial charge in [-0.2, -0.15) is 0 Å². The van der Waals surface area contributed by atoms with Gasteiger partial charge >= 0.3 is 0 Å². The molecule has 20 heavy (non-hydrogen) atoms. The van der Waals surface area contributed by atoms with Gasteiger partial charge < -0.3 is 5.32 Å². The molecule has 3 rings (SSSR count). The first-order valence-electron chi connectivity index (χ1n) is 7.68. The monoisotopic (exact) mass is 265 g/mol. The lowest BCUT2D eigenvalue weighted by Crippen LogP contribution is -2.09. The smallest absolute Gasteiger partial charge is 0.00888 e.